The lowest BCUT2D eigenvalue weighted by Crippen LogP contribution is -2.19. The van der Waals surface area contributed by atoms with Crippen molar-refractivity contribution in [1.82, 2.24) is 0 Å². The Morgan fingerprint density at radius 2 is 1.56 bits per heavy atom. The van der Waals surface area contributed by atoms with E-state index < -0.39 is 5.24 Å². The Labute approximate surface area is 111 Å². The second-order valence-corrected chi connectivity index (χ2v) is 4.79. The van der Waals surface area contributed by atoms with Gasteiger partial charge in [0.05, 0.1) is 18.5 Å². The minimum atomic E-state index is -0.408. The van der Waals surface area contributed by atoms with Gasteiger partial charge in [0.1, 0.15) is 0 Å². The zero-order valence-corrected chi connectivity index (χ0v) is 10.6. The molecule has 0 aliphatic rings. The monoisotopic (exact) mass is 258 g/mol. The molecule has 0 radical (unpaired) electrons. The van der Waals surface area contributed by atoms with Crippen LogP contribution in [0.3, 0.4) is 0 Å². The molecule has 0 atom stereocenters. The van der Waals surface area contributed by atoms with Gasteiger partial charge >= 0.3 is 0 Å². The van der Waals surface area contributed by atoms with E-state index in [-0.39, 0.29) is 0 Å². The summed E-state index contributed by atoms with van der Waals surface area (Å²) in [7, 11) is 0. The van der Waals surface area contributed by atoms with Crippen molar-refractivity contribution in [2.45, 2.75) is 6.54 Å². The number of benzene rings is 2. The van der Waals surface area contributed by atoms with Crippen molar-refractivity contribution in [3.05, 3.63) is 66.2 Å². The van der Waals surface area contributed by atoms with E-state index in [1.807, 2.05) is 65.0 Å². The van der Waals surface area contributed by atoms with Gasteiger partial charge < -0.3 is 10.0 Å². The van der Waals surface area contributed by atoms with E-state index >= 15 is 0 Å². The number of hydrogen-bond donors (Lipinski definition) is 1. The van der Waals surface area contributed by atoms with Crippen LogP contribution in [0.1, 0.15) is 5.56 Å². The van der Waals surface area contributed by atoms with Crippen LogP contribution in [0.4, 0.5) is 10.5 Å². The van der Waals surface area contributed by atoms with Crippen molar-refractivity contribution in [1.29, 1.82) is 0 Å². The van der Waals surface area contributed by atoms with Crippen molar-refractivity contribution >= 4 is 22.9 Å². The highest BCUT2D eigenvalue weighted by molar-refractivity contribution is 8.14. The SMILES string of the molecule is NC(=O)SN(Cc1ccccc1)c1ccccc1. The van der Waals surface area contributed by atoms with Crippen LogP contribution >= 0.6 is 11.9 Å². The number of rotatable bonds is 4. The van der Waals surface area contributed by atoms with Gasteiger partial charge in [-0.3, -0.25) is 4.79 Å². The fourth-order valence-corrected chi connectivity index (χ4v) is 2.29. The molecule has 2 aromatic carbocycles. The van der Waals surface area contributed by atoms with Gasteiger partial charge in [-0.15, -0.1) is 0 Å². The third kappa shape index (κ3) is 3.53. The van der Waals surface area contributed by atoms with Crippen LogP contribution in [-0.4, -0.2) is 5.24 Å². The van der Waals surface area contributed by atoms with Gasteiger partial charge in [-0.25, -0.2) is 0 Å². The largest absolute Gasteiger partial charge is 0.359 e. The summed E-state index contributed by atoms with van der Waals surface area (Å²) in [5, 5.41) is -0.408. The van der Waals surface area contributed by atoms with Crippen LogP contribution in [0.5, 0.6) is 0 Å². The van der Waals surface area contributed by atoms with E-state index in [1.54, 1.807) is 0 Å². The first kappa shape index (κ1) is 12.5. The average molecular weight is 258 g/mol. The van der Waals surface area contributed by atoms with Crippen LogP contribution < -0.4 is 10.0 Å². The topological polar surface area (TPSA) is 46.3 Å². The minimum Gasteiger partial charge on any atom is -0.359 e. The average Bonchev–Trinajstić information content (AvgIpc) is 2.40. The molecular formula is C14H14N2OS. The standard InChI is InChI=1S/C14H14N2OS/c15-14(17)18-16(13-9-5-2-6-10-13)11-12-7-3-1-4-8-12/h1-10H,11H2,(H2,15,17). The zero-order valence-electron chi connectivity index (χ0n) is 9.82. The van der Waals surface area contributed by atoms with E-state index in [0.29, 0.717) is 6.54 Å². The molecular weight excluding hydrogens is 244 g/mol. The predicted molar refractivity (Wildman–Crippen MR) is 76.2 cm³/mol. The maximum Gasteiger partial charge on any atom is 0.297 e. The van der Waals surface area contributed by atoms with Crippen LogP contribution in [0.2, 0.25) is 0 Å². The molecule has 0 aromatic heterocycles. The van der Waals surface area contributed by atoms with Crippen LogP contribution in [0, 0.1) is 0 Å². The molecule has 3 nitrogen and oxygen atoms in total. The normalized spacial score (nSPS) is 10.0. The summed E-state index contributed by atoms with van der Waals surface area (Å²) in [4.78, 5) is 11.1. The lowest BCUT2D eigenvalue weighted by molar-refractivity contribution is 0.267. The van der Waals surface area contributed by atoms with Gasteiger partial charge in [-0.1, -0.05) is 48.5 Å². The highest BCUT2D eigenvalue weighted by Crippen LogP contribution is 2.24. The first-order valence-corrected chi connectivity index (χ1v) is 6.37. The second kappa shape index (κ2) is 6.12. The van der Waals surface area contributed by atoms with E-state index in [0.717, 1.165) is 23.2 Å². The zero-order chi connectivity index (χ0) is 12.8. The third-order valence-corrected chi connectivity index (χ3v) is 3.15. The summed E-state index contributed by atoms with van der Waals surface area (Å²) in [6.07, 6.45) is 0. The maximum atomic E-state index is 11.1. The molecule has 1 amide bonds. The fourth-order valence-electron chi connectivity index (χ4n) is 1.63. The Morgan fingerprint density at radius 1 is 1.00 bits per heavy atom. The highest BCUT2D eigenvalue weighted by atomic mass is 32.2. The van der Waals surface area contributed by atoms with Crippen LogP contribution in [0.15, 0.2) is 60.7 Å². The summed E-state index contributed by atoms with van der Waals surface area (Å²) in [5.41, 5.74) is 7.36. The van der Waals surface area contributed by atoms with Gasteiger partial charge in [0.15, 0.2) is 0 Å². The first-order valence-electron chi connectivity index (χ1n) is 5.59. The molecule has 0 heterocycles. The Balaban J connectivity index is 2.18. The number of primary amides is 1. The van der Waals surface area contributed by atoms with Crippen molar-refractivity contribution in [2.75, 3.05) is 4.31 Å². The Kier molecular flexibility index (Phi) is 4.25. The second-order valence-electron chi connectivity index (χ2n) is 3.77. The van der Waals surface area contributed by atoms with Gasteiger partial charge in [0, 0.05) is 5.69 Å². The Bertz CT molecular complexity index is 502. The van der Waals surface area contributed by atoms with Gasteiger partial charge in [-0.05, 0) is 17.7 Å². The Hall–Kier alpha value is -1.94. The number of carbonyl (C=O) groups excluding carboxylic acids is 1. The molecule has 0 aliphatic heterocycles. The molecule has 2 rings (SSSR count). The number of amides is 1. The Morgan fingerprint density at radius 3 is 2.11 bits per heavy atom. The fraction of sp³-hybridized carbons (Fsp3) is 0.0714. The van der Waals surface area contributed by atoms with Crippen molar-refractivity contribution in [3.63, 3.8) is 0 Å². The van der Waals surface area contributed by atoms with Crippen molar-refractivity contribution < 1.29 is 4.79 Å². The number of nitrogens with zero attached hydrogens (tertiary/aromatic N) is 1. The summed E-state index contributed by atoms with van der Waals surface area (Å²) in [6.45, 7) is 0.637. The van der Waals surface area contributed by atoms with Crippen molar-refractivity contribution in [3.8, 4) is 0 Å². The molecule has 2 N–H and O–H groups in total. The molecule has 0 spiro atoms. The van der Waals surface area contributed by atoms with Crippen molar-refractivity contribution in [2.24, 2.45) is 5.73 Å². The molecule has 0 fully saturated rings. The molecule has 0 aliphatic carbocycles. The number of nitrogens with two attached hydrogens (primary N) is 1. The van der Waals surface area contributed by atoms with Gasteiger partial charge in [0.25, 0.3) is 5.24 Å². The van der Waals surface area contributed by atoms with Crippen LogP contribution in [0.25, 0.3) is 0 Å². The molecule has 0 bridgehead atoms. The van der Waals surface area contributed by atoms with Crippen LogP contribution in [-0.2, 0) is 6.54 Å². The smallest absolute Gasteiger partial charge is 0.297 e. The molecule has 92 valence electrons. The highest BCUT2D eigenvalue weighted by Gasteiger charge is 2.10. The molecule has 18 heavy (non-hydrogen) atoms. The summed E-state index contributed by atoms with van der Waals surface area (Å²) < 4.78 is 1.89. The number of carbonyl (C=O) groups is 1. The predicted octanol–water partition coefficient (Wildman–Crippen LogP) is 3.42. The van der Waals surface area contributed by atoms with Gasteiger partial charge in [0.2, 0.25) is 0 Å². The molecule has 0 saturated heterocycles. The molecule has 4 heteroatoms. The maximum absolute atomic E-state index is 11.1. The van der Waals surface area contributed by atoms with E-state index in [1.165, 1.54) is 0 Å². The summed E-state index contributed by atoms with van der Waals surface area (Å²) in [5.74, 6) is 0. The van der Waals surface area contributed by atoms with E-state index in [2.05, 4.69) is 0 Å². The quantitative estimate of drug-likeness (QED) is 0.855. The van der Waals surface area contributed by atoms with E-state index in [4.69, 9.17) is 5.73 Å². The minimum absolute atomic E-state index is 0.408. The lowest BCUT2D eigenvalue weighted by atomic mass is 10.2. The number of hydrogen-bond acceptors (Lipinski definition) is 3. The first-order chi connectivity index (χ1) is 8.75. The number of para-hydroxylation sites is 1. The molecule has 0 saturated carbocycles. The molecule has 0 unspecified atom stereocenters. The number of anilines is 1. The van der Waals surface area contributed by atoms with E-state index in [9.17, 15) is 4.79 Å². The van der Waals surface area contributed by atoms with Gasteiger partial charge in [-0.2, -0.15) is 0 Å². The molecule has 2 aromatic rings. The summed E-state index contributed by atoms with van der Waals surface area (Å²) >= 11 is 1.02. The third-order valence-electron chi connectivity index (χ3n) is 2.41. The summed E-state index contributed by atoms with van der Waals surface area (Å²) in [6, 6.07) is 19.7. The lowest BCUT2D eigenvalue weighted by Gasteiger charge is -2.21.